The van der Waals surface area contributed by atoms with E-state index in [1.54, 1.807) is 12.3 Å². The summed E-state index contributed by atoms with van der Waals surface area (Å²) in [5.41, 5.74) is 0.473. The summed E-state index contributed by atoms with van der Waals surface area (Å²) >= 11 is 11.3. The molecule has 104 valence electrons. The van der Waals surface area contributed by atoms with Crippen molar-refractivity contribution in [1.29, 1.82) is 0 Å². The van der Waals surface area contributed by atoms with Crippen LogP contribution in [0.3, 0.4) is 0 Å². The molecule has 1 aromatic heterocycles. The van der Waals surface area contributed by atoms with Gasteiger partial charge in [0.05, 0.1) is 5.56 Å². The van der Waals surface area contributed by atoms with Crippen LogP contribution in [0.1, 0.15) is 30.6 Å². The van der Waals surface area contributed by atoms with Crippen molar-refractivity contribution < 1.29 is 4.79 Å². The molecule has 1 aliphatic heterocycles. The smallest absolute Gasteiger partial charge is 0.257 e. The molecule has 2 rings (SSSR count). The summed E-state index contributed by atoms with van der Waals surface area (Å²) in [6.45, 7) is 5.97. The largest absolute Gasteiger partial charge is 0.338 e. The van der Waals surface area contributed by atoms with Gasteiger partial charge in [0.15, 0.2) is 0 Å². The molecule has 1 amide bonds. The highest BCUT2D eigenvalue weighted by Crippen LogP contribution is 2.31. The molecule has 0 radical (unpaired) electrons. The molecular weight excluding hydrogens is 348 g/mol. The Bertz CT molecular complexity index is 496. The van der Waals surface area contributed by atoms with E-state index < -0.39 is 0 Å². The second-order valence-corrected chi connectivity index (χ2v) is 8.22. The molecule has 0 atom stereocenters. The number of hydrogen-bond acceptors (Lipinski definition) is 3. The lowest BCUT2D eigenvalue weighted by atomic mass is 10.1. The van der Waals surface area contributed by atoms with Gasteiger partial charge in [0.25, 0.3) is 5.91 Å². The first-order chi connectivity index (χ1) is 8.89. The number of hydrogen-bond donors (Lipinski definition) is 0. The SMILES string of the molecule is CC1(C)CCN(C(=O)c2cc(Br)cnc2Cl)CCS1. The fourth-order valence-corrected chi connectivity index (χ4v) is 3.58. The average Bonchev–Trinajstić information content (AvgIpc) is 2.52. The van der Waals surface area contributed by atoms with Crippen LogP contribution in [0.15, 0.2) is 16.7 Å². The van der Waals surface area contributed by atoms with Crippen LogP contribution in [-0.2, 0) is 0 Å². The van der Waals surface area contributed by atoms with Crippen LogP contribution in [0, 0.1) is 0 Å². The van der Waals surface area contributed by atoms with Gasteiger partial charge in [-0.1, -0.05) is 25.4 Å². The number of pyridine rings is 1. The monoisotopic (exact) mass is 362 g/mol. The van der Waals surface area contributed by atoms with E-state index in [0.29, 0.717) is 5.56 Å². The van der Waals surface area contributed by atoms with Gasteiger partial charge < -0.3 is 4.90 Å². The van der Waals surface area contributed by atoms with Crippen LogP contribution in [-0.4, -0.2) is 39.4 Å². The molecule has 3 nitrogen and oxygen atoms in total. The van der Waals surface area contributed by atoms with Crippen LogP contribution in [0.5, 0.6) is 0 Å². The summed E-state index contributed by atoms with van der Waals surface area (Å²) in [6.07, 6.45) is 2.59. The van der Waals surface area contributed by atoms with Gasteiger partial charge in [-0.3, -0.25) is 4.79 Å². The molecule has 0 bridgehead atoms. The predicted octanol–water partition coefficient (Wildman–Crippen LogP) is 3.86. The molecular formula is C13H16BrClN2OS. The van der Waals surface area contributed by atoms with Crippen LogP contribution >= 0.6 is 39.3 Å². The molecule has 1 aromatic rings. The van der Waals surface area contributed by atoms with Crippen molar-refractivity contribution in [2.75, 3.05) is 18.8 Å². The summed E-state index contributed by atoms with van der Waals surface area (Å²) in [6, 6.07) is 1.74. The lowest BCUT2D eigenvalue weighted by molar-refractivity contribution is 0.0764. The maximum Gasteiger partial charge on any atom is 0.257 e. The standard InChI is InChI=1S/C13H16BrClN2OS/c1-13(2)3-4-17(5-6-19-13)12(18)10-7-9(14)8-16-11(10)15/h7-8H,3-6H2,1-2H3. The number of nitrogens with zero attached hydrogens (tertiary/aromatic N) is 2. The Morgan fingerprint density at radius 3 is 3.00 bits per heavy atom. The van der Waals surface area contributed by atoms with Crippen molar-refractivity contribution in [2.45, 2.75) is 25.0 Å². The predicted molar refractivity (Wildman–Crippen MR) is 84.0 cm³/mol. The Balaban J connectivity index is 2.17. The van der Waals surface area contributed by atoms with Gasteiger partial charge in [0.2, 0.25) is 0 Å². The first kappa shape index (κ1) is 15.1. The Kier molecular flexibility index (Phi) is 4.79. The third-order valence-corrected chi connectivity index (χ3v) is 5.27. The van der Waals surface area contributed by atoms with Crippen molar-refractivity contribution in [3.8, 4) is 0 Å². The van der Waals surface area contributed by atoms with E-state index in [4.69, 9.17) is 11.6 Å². The molecule has 2 heterocycles. The molecule has 19 heavy (non-hydrogen) atoms. The summed E-state index contributed by atoms with van der Waals surface area (Å²) in [7, 11) is 0. The fourth-order valence-electron chi connectivity index (χ4n) is 1.97. The molecule has 0 N–H and O–H groups in total. The second kappa shape index (κ2) is 6.02. The van der Waals surface area contributed by atoms with E-state index in [1.165, 1.54) is 0 Å². The highest BCUT2D eigenvalue weighted by atomic mass is 79.9. The van der Waals surface area contributed by atoms with Gasteiger partial charge in [0.1, 0.15) is 5.15 Å². The number of amides is 1. The quantitative estimate of drug-likeness (QED) is 0.710. The van der Waals surface area contributed by atoms with Crippen LogP contribution in [0.4, 0.5) is 0 Å². The van der Waals surface area contributed by atoms with Gasteiger partial charge >= 0.3 is 0 Å². The van der Waals surface area contributed by atoms with Crippen molar-refractivity contribution in [2.24, 2.45) is 0 Å². The maximum atomic E-state index is 12.5. The molecule has 0 aromatic carbocycles. The van der Waals surface area contributed by atoms with Crippen LogP contribution in [0.25, 0.3) is 0 Å². The molecule has 1 fully saturated rings. The van der Waals surface area contributed by atoms with E-state index in [2.05, 4.69) is 34.8 Å². The Hall–Kier alpha value is -0.260. The van der Waals surface area contributed by atoms with Crippen LogP contribution < -0.4 is 0 Å². The van der Waals surface area contributed by atoms with E-state index >= 15 is 0 Å². The van der Waals surface area contributed by atoms with Gasteiger partial charge in [-0.25, -0.2) is 4.98 Å². The summed E-state index contributed by atoms with van der Waals surface area (Å²) in [5.74, 6) is 0.926. The van der Waals surface area contributed by atoms with Crippen molar-refractivity contribution in [1.82, 2.24) is 9.88 Å². The molecule has 0 spiro atoms. The van der Waals surface area contributed by atoms with E-state index in [1.807, 2.05) is 16.7 Å². The molecule has 1 saturated heterocycles. The Morgan fingerprint density at radius 2 is 2.26 bits per heavy atom. The van der Waals surface area contributed by atoms with Crippen molar-refractivity contribution >= 4 is 45.2 Å². The number of thioether (sulfide) groups is 1. The Labute approximate surface area is 131 Å². The number of carbonyl (C=O) groups excluding carboxylic acids is 1. The number of rotatable bonds is 1. The second-order valence-electron chi connectivity index (χ2n) is 5.14. The maximum absolute atomic E-state index is 12.5. The van der Waals surface area contributed by atoms with Crippen molar-refractivity contribution in [3.05, 3.63) is 27.5 Å². The zero-order valence-electron chi connectivity index (χ0n) is 10.9. The highest BCUT2D eigenvalue weighted by molar-refractivity contribution is 9.10. The van der Waals surface area contributed by atoms with Gasteiger partial charge in [0, 0.05) is 34.3 Å². The van der Waals surface area contributed by atoms with Gasteiger partial charge in [-0.15, -0.1) is 0 Å². The molecule has 0 unspecified atom stereocenters. The lowest BCUT2D eigenvalue weighted by Gasteiger charge is -2.23. The van der Waals surface area contributed by atoms with Gasteiger partial charge in [-0.05, 0) is 28.4 Å². The molecule has 0 saturated carbocycles. The first-order valence-electron chi connectivity index (χ1n) is 6.13. The first-order valence-corrected chi connectivity index (χ1v) is 8.29. The summed E-state index contributed by atoms with van der Waals surface area (Å²) < 4.78 is 0.999. The lowest BCUT2D eigenvalue weighted by Crippen LogP contribution is -2.34. The number of halogens is 2. The summed E-state index contributed by atoms with van der Waals surface area (Å²) in [5, 5.41) is 0.268. The third kappa shape index (κ3) is 3.86. The third-order valence-electron chi connectivity index (χ3n) is 3.16. The molecule has 6 heteroatoms. The highest BCUT2D eigenvalue weighted by Gasteiger charge is 2.27. The fraction of sp³-hybridized carbons (Fsp3) is 0.538. The minimum atomic E-state index is -0.0305. The topological polar surface area (TPSA) is 33.2 Å². The van der Waals surface area contributed by atoms with E-state index in [0.717, 1.165) is 29.7 Å². The number of carbonyl (C=O) groups is 1. The van der Waals surface area contributed by atoms with Crippen molar-refractivity contribution in [3.63, 3.8) is 0 Å². The zero-order chi connectivity index (χ0) is 14.0. The normalized spacial score (nSPS) is 19.1. The minimum absolute atomic E-state index is 0.0305. The van der Waals surface area contributed by atoms with E-state index in [9.17, 15) is 4.79 Å². The average molecular weight is 364 g/mol. The van der Waals surface area contributed by atoms with Gasteiger partial charge in [-0.2, -0.15) is 11.8 Å². The van der Waals surface area contributed by atoms with Crippen LogP contribution in [0.2, 0.25) is 5.15 Å². The molecule has 1 aliphatic rings. The van der Waals surface area contributed by atoms with E-state index in [-0.39, 0.29) is 15.8 Å². The summed E-state index contributed by atoms with van der Waals surface area (Å²) in [4.78, 5) is 18.4. The Morgan fingerprint density at radius 1 is 1.53 bits per heavy atom. The minimum Gasteiger partial charge on any atom is -0.338 e. The molecule has 0 aliphatic carbocycles. The zero-order valence-corrected chi connectivity index (χ0v) is 14.1. The number of aromatic nitrogens is 1.